The molecule has 2 aromatic heterocycles. The summed E-state index contributed by atoms with van der Waals surface area (Å²) in [6, 6.07) is 17.2. The van der Waals surface area contributed by atoms with E-state index in [1.54, 1.807) is 0 Å². The van der Waals surface area contributed by atoms with Crippen LogP contribution >= 0.6 is 11.6 Å². The average molecular weight is 409 g/mol. The Hall–Kier alpha value is -3.19. The molecule has 4 rings (SSSR count). The fourth-order valence-corrected chi connectivity index (χ4v) is 3.14. The number of anilines is 1. The summed E-state index contributed by atoms with van der Waals surface area (Å²) < 4.78 is 7.64. The van der Waals surface area contributed by atoms with Crippen LogP contribution in [0.25, 0.3) is 11.0 Å². The van der Waals surface area contributed by atoms with Crippen molar-refractivity contribution >= 4 is 28.5 Å². The molecule has 0 spiro atoms. The Morgan fingerprint density at radius 2 is 1.90 bits per heavy atom. The zero-order valence-electron chi connectivity index (χ0n) is 16.2. The van der Waals surface area contributed by atoms with E-state index >= 15 is 0 Å². The van der Waals surface area contributed by atoms with Gasteiger partial charge in [0.25, 0.3) is 0 Å². The molecule has 8 heteroatoms. The van der Waals surface area contributed by atoms with E-state index in [2.05, 4.69) is 25.6 Å². The first kappa shape index (κ1) is 19.1. The number of nitrogens with one attached hydrogen (secondary N) is 1. The summed E-state index contributed by atoms with van der Waals surface area (Å²) in [6.45, 7) is 4.93. The van der Waals surface area contributed by atoms with Crippen LogP contribution < -0.4 is 10.1 Å². The van der Waals surface area contributed by atoms with E-state index in [4.69, 9.17) is 16.3 Å². The maximum atomic E-state index is 5.90. The van der Waals surface area contributed by atoms with Crippen molar-refractivity contribution in [1.82, 2.24) is 25.0 Å². The minimum atomic E-state index is 0.0556. The molecule has 0 saturated heterocycles. The highest BCUT2D eigenvalue weighted by atomic mass is 35.5. The number of benzene rings is 2. The number of aryl methyl sites for hydroxylation is 1. The molecule has 1 N–H and O–H groups in total. The van der Waals surface area contributed by atoms with E-state index in [0.717, 1.165) is 28.3 Å². The number of halogens is 1. The summed E-state index contributed by atoms with van der Waals surface area (Å²) in [5.74, 6) is 2.23. The lowest BCUT2D eigenvalue weighted by atomic mass is 10.3. The molecule has 0 bridgehead atoms. The smallest absolute Gasteiger partial charge is 0.130 e. The third-order valence-electron chi connectivity index (χ3n) is 4.33. The van der Waals surface area contributed by atoms with Crippen LogP contribution in [0.3, 0.4) is 0 Å². The molecule has 0 amide bonds. The molecule has 0 radical (unpaired) electrons. The van der Waals surface area contributed by atoms with Gasteiger partial charge in [-0.1, -0.05) is 28.9 Å². The zero-order valence-corrected chi connectivity index (χ0v) is 17.0. The number of hydrogen-bond donors (Lipinski definition) is 1. The van der Waals surface area contributed by atoms with Crippen molar-refractivity contribution in [3.05, 3.63) is 71.1 Å². The lowest BCUT2D eigenvalue weighted by Gasteiger charge is -2.16. The Morgan fingerprint density at radius 3 is 2.72 bits per heavy atom. The molecule has 0 fully saturated rings. The number of para-hydroxylation sites is 1. The van der Waals surface area contributed by atoms with Crippen LogP contribution in [-0.4, -0.2) is 37.6 Å². The van der Waals surface area contributed by atoms with Crippen LogP contribution in [0.15, 0.2) is 54.6 Å². The van der Waals surface area contributed by atoms with Crippen LogP contribution in [0.5, 0.6) is 5.75 Å². The summed E-state index contributed by atoms with van der Waals surface area (Å²) in [5.41, 5.74) is 2.70. The highest BCUT2D eigenvalue weighted by Crippen LogP contribution is 2.17. The number of nitrogens with zero attached hydrogens (tertiary/aromatic N) is 5. The second-order valence-corrected chi connectivity index (χ2v) is 7.27. The second kappa shape index (κ2) is 8.45. The predicted molar refractivity (Wildman–Crippen MR) is 113 cm³/mol. The highest BCUT2D eigenvalue weighted by molar-refractivity contribution is 6.30. The molecule has 7 nitrogen and oxygen atoms in total. The molecule has 0 unspecified atom stereocenters. The summed E-state index contributed by atoms with van der Waals surface area (Å²) in [4.78, 5) is 9.03. The van der Waals surface area contributed by atoms with Gasteiger partial charge < -0.3 is 10.1 Å². The van der Waals surface area contributed by atoms with Crippen molar-refractivity contribution in [2.45, 2.75) is 26.4 Å². The highest BCUT2D eigenvalue weighted by Gasteiger charge is 2.10. The summed E-state index contributed by atoms with van der Waals surface area (Å²) >= 11 is 5.90. The standard InChI is InChI=1S/C21H21ClN6O/c1-14(13-29-18-9-7-16(22)8-10-18)23-21-11-17(24-15(2)25-21)12-28-20-6-4-3-5-19(20)26-27-28/h3-11,14H,12-13H2,1-2H3,(H,23,24,25)/t14-/m1/s1. The van der Waals surface area contributed by atoms with E-state index in [1.165, 1.54) is 0 Å². The van der Waals surface area contributed by atoms with Gasteiger partial charge in [0.1, 0.15) is 29.5 Å². The SMILES string of the molecule is Cc1nc(Cn2nnc3ccccc32)cc(N[C@H](C)COc2ccc(Cl)cc2)n1. The molecular weight excluding hydrogens is 388 g/mol. The van der Waals surface area contributed by atoms with Gasteiger partial charge in [-0.3, -0.25) is 0 Å². The molecule has 0 aliphatic rings. The monoisotopic (exact) mass is 408 g/mol. The van der Waals surface area contributed by atoms with Gasteiger partial charge in [0, 0.05) is 11.1 Å². The van der Waals surface area contributed by atoms with Gasteiger partial charge >= 0.3 is 0 Å². The van der Waals surface area contributed by atoms with Gasteiger partial charge in [-0.15, -0.1) is 5.10 Å². The van der Waals surface area contributed by atoms with Crippen LogP contribution in [0.1, 0.15) is 18.4 Å². The topological polar surface area (TPSA) is 77.8 Å². The van der Waals surface area contributed by atoms with E-state index < -0.39 is 0 Å². The zero-order chi connectivity index (χ0) is 20.2. The number of fused-ring (bicyclic) bond motifs is 1. The fraction of sp³-hybridized carbons (Fsp3) is 0.238. The molecule has 29 heavy (non-hydrogen) atoms. The van der Waals surface area contributed by atoms with Crippen molar-refractivity contribution in [1.29, 1.82) is 0 Å². The number of ether oxygens (including phenoxy) is 1. The van der Waals surface area contributed by atoms with Crippen molar-refractivity contribution in [3.8, 4) is 5.75 Å². The predicted octanol–water partition coefficient (Wildman–Crippen LogP) is 4.11. The van der Waals surface area contributed by atoms with Crippen LogP contribution in [0.2, 0.25) is 5.02 Å². The molecule has 0 aliphatic carbocycles. The Kier molecular flexibility index (Phi) is 5.57. The van der Waals surface area contributed by atoms with Gasteiger partial charge in [0.15, 0.2) is 0 Å². The molecule has 2 heterocycles. The quantitative estimate of drug-likeness (QED) is 0.495. The van der Waals surface area contributed by atoms with Crippen LogP contribution in [0, 0.1) is 6.92 Å². The summed E-state index contributed by atoms with van der Waals surface area (Å²) in [6.07, 6.45) is 0. The van der Waals surface area contributed by atoms with Crippen molar-refractivity contribution < 1.29 is 4.74 Å². The number of aromatic nitrogens is 5. The van der Waals surface area contributed by atoms with Crippen molar-refractivity contribution in [2.75, 3.05) is 11.9 Å². The van der Waals surface area contributed by atoms with Crippen LogP contribution in [0.4, 0.5) is 5.82 Å². The molecule has 1 atom stereocenters. The molecule has 4 aromatic rings. The first-order valence-electron chi connectivity index (χ1n) is 9.34. The lowest BCUT2D eigenvalue weighted by molar-refractivity contribution is 0.303. The van der Waals surface area contributed by atoms with Gasteiger partial charge in [-0.2, -0.15) is 0 Å². The number of rotatable bonds is 7. The number of hydrogen-bond acceptors (Lipinski definition) is 6. The van der Waals surface area contributed by atoms with Gasteiger partial charge in [0.2, 0.25) is 0 Å². The van der Waals surface area contributed by atoms with Crippen molar-refractivity contribution in [3.63, 3.8) is 0 Å². The Labute approximate surface area is 173 Å². The van der Waals surface area contributed by atoms with Gasteiger partial charge in [-0.25, -0.2) is 14.6 Å². The average Bonchev–Trinajstić information content (AvgIpc) is 3.10. The van der Waals surface area contributed by atoms with E-state index in [9.17, 15) is 0 Å². The third kappa shape index (κ3) is 4.81. The Morgan fingerprint density at radius 1 is 1.10 bits per heavy atom. The maximum absolute atomic E-state index is 5.90. The normalized spacial score (nSPS) is 12.1. The summed E-state index contributed by atoms with van der Waals surface area (Å²) in [7, 11) is 0. The molecule has 2 aromatic carbocycles. The lowest BCUT2D eigenvalue weighted by Crippen LogP contribution is -2.24. The van der Waals surface area contributed by atoms with E-state index in [-0.39, 0.29) is 6.04 Å². The Balaban J connectivity index is 1.43. The molecule has 0 aliphatic heterocycles. The largest absolute Gasteiger partial charge is 0.491 e. The maximum Gasteiger partial charge on any atom is 0.130 e. The first-order valence-corrected chi connectivity index (χ1v) is 9.72. The summed E-state index contributed by atoms with van der Waals surface area (Å²) in [5, 5.41) is 12.5. The van der Waals surface area contributed by atoms with Crippen LogP contribution in [-0.2, 0) is 6.54 Å². The minimum absolute atomic E-state index is 0.0556. The fourth-order valence-electron chi connectivity index (χ4n) is 3.02. The minimum Gasteiger partial charge on any atom is -0.491 e. The third-order valence-corrected chi connectivity index (χ3v) is 4.58. The van der Waals surface area contributed by atoms with E-state index in [1.807, 2.05) is 73.1 Å². The van der Waals surface area contributed by atoms with Gasteiger partial charge in [-0.05, 0) is 50.2 Å². The van der Waals surface area contributed by atoms with Crippen molar-refractivity contribution in [2.24, 2.45) is 0 Å². The van der Waals surface area contributed by atoms with E-state index in [0.29, 0.717) is 24.0 Å². The Bertz CT molecular complexity index is 1110. The van der Waals surface area contributed by atoms with Gasteiger partial charge in [0.05, 0.1) is 23.8 Å². The molecule has 148 valence electrons. The molecular formula is C21H21ClN6O. The second-order valence-electron chi connectivity index (χ2n) is 6.84. The first-order chi connectivity index (χ1) is 14.1. The molecule has 0 saturated carbocycles.